The zero-order valence-corrected chi connectivity index (χ0v) is 34.5. The monoisotopic (exact) mass is 800 g/mol. The second kappa shape index (κ2) is 15.1. The molecule has 10 aromatic carbocycles. The van der Waals surface area contributed by atoms with Crippen LogP contribution in [-0.4, -0.2) is 9.97 Å². The lowest BCUT2D eigenvalue weighted by Crippen LogP contribution is -2.28. The van der Waals surface area contributed by atoms with E-state index in [0.29, 0.717) is 5.82 Å². The van der Waals surface area contributed by atoms with Gasteiger partial charge < -0.3 is 0 Å². The molecule has 2 nitrogen and oxygen atoms in total. The number of rotatable bonds is 7. The van der Waals surface area contributed by atoms with Gasteiger partial charge in [0.2, 0.25) is 0 Å². The molecule has 0 fully saturated rings. The first-order chi connectivity index (χ1) is 31.2. The zero-order chi connectivity index (χ0) is 41.7. The van der Waals surface area contributed by atoms with Crippen molar-refractivity contribution in [3.05, 3.63) is 265 Å². The van der Waals surface area contributed by atoms with Crippen LogP contribution in [0, 0.1) is 0 Å². The fourth-order valence-corrected chi connectivity index (χ4v) is 10.1. The molecule has 0 amide bonds. The second-order valence-electron chi connectivity index (χ2n) is 16.4. The van der Waals surface area contributed by atoms with E-state index in [1.807, 2.05) is 18.2 Å². The Kier molecular flexibility index (Phi) is 8.76. The first-order valence-electron chi connectivity index (χ1n) is 21.6. The predicted octanol–water partition coefficient (Wildman–Crippen LogP) is 15.5. The summed E-state index contributed by atoms with van der Waals surface area (Å²) in [6.07, 6.45) is 0. The summed E-state index contributed by atoms with van der Waals surface area (Å²) in [6.45, 7) is 0. The van der Waals surface area contributed by atoms with Crippen molar-refractivity contribution in [1.29, 1.82) is 0 Å². The SMILES string of the molecule is c1ccc(-c2cccc(-c3cc(-c4ccc(-c5ccc6c(c5)C(c5ccccc5)(c5ccccc5)c5ccc7ccccc7c5-6)c5ccccc45)nc(-c4ccccc4)n3)c2)cc1. The van der Waals surface area contributed by atoms with Crippen LogP contribution in [0.15, 0.2) is 243 Å². The standard InChI is InChI=1S/C61H40N2/c1-5-18-41(19-6-1)44-23-17-24-46(38-44)57-40-58(63-60(62-57)43-21-7-2-8-22-43)53-36-35-49(51-30-15-16-31-52(51)53)45-32-34-54-56(39-45)61(47-25-9-3-10-26-47,48-27-11-4-12-28-48)55-37-33-42-20-13-14-29-50(42)59(54)55/h1-40H. The molecule has 0 saturated carbocycles. The van der Waals surface area contributed by atoms with Crippen LogP contribution in [0.3, 0.4) is 0 Å². The van der Waals surface area contributed by atoms with E-state index >= 15 is 0 Å². The Hall–Kier alpha value is -8.20. The smallest absolute Gasteiger partial charge is 0.160 e. The van der Waals surface area contributed by atoms with Crippen molar-refractivity contribution in [2.24, 2.45) is 0 Å². The molecule has 1 heterocycles. The van der Waals surface area contributed by atoms with Gasteiger partial charge in [0.05, 0.1) is 16.8 Å². The number of hydrogen-bond donors (Lipinski definition) is 0. The maximum Gasteiger partial charge on any atom is 0.160 e. The highest BCUT2D eigenvalue weighted by atomic mass is 14.9. The van der Waals surface area contributed by atoms with Crippen molar-refractivity contribution in [2.45, 2.75) is 5.41 Å². The van der Waals surface area contributed by atoms with E-state index < -0.39 is 5.41 Å². The molecule has 0 bridgehead atoms. The fraction of sp³-hybridized carbons (Fsp3) is 0.0164. The topological polar surface area (TPSA) is 25.8 Å². The van der Waals surface area contributed by atoms with Gasteiger partial charge in [-0.2, -0.15) is 0 Å². The summed E-state index contributed by atoms with van der Waals surface area (Å²) in [6, 6.07) is 87.8. The molecule has 1 aliphatic rings. The van der Waals surface area contributed by atoms with Crippen LogP contribution >= 0.6 is 0 Å². The highest BCUT2D eigenvalue weighted by Crippen LogP contribution is 2.58. The summed E-state index contributed by atoms with van der Waals surface area (Å²) in [5.41, 5.74) is 16.7. The van der Waals surface area contributed by atoms with E-state index in [0.717, 1.165) is 39.0 Å². The van der Waals surface area contributed by atoms with E-state index in [2.05, 4.69) is 224 Å². The van der Waals surface area contributed by atoms with E-state index in [9.17, 15) is 0 Å². The van der Waals surface area contributed by atoms with Gasteiger partial charge in [0.25, 0.3) is 0 Å². The van der Waals surface area contributed by atoms with Crippen LogP contribution in [0.5, 0.6) is 0 Å². The molecule has 0 spiro atoms. The Balaban J connectivity index is 1.06. The molecular weight excluding hydrogens is 761 g/mol. The third-order valence-corrected chi connectivity index (χ3v) is 13.0. The summed E-state index contributed by atoms with van der Waals surface area (Å²) >= 11 is 0. The summed E-state index contributed by atoms with van der Waals surface area (Å²) in [4.78, 5) is 10.5. The number of fused-ring (bicyclic) bond motifs is 6. The van der Waals surface area contributed by atoms with Crippen molar-refractivity contribution in [3.63, 3.8) is 0 Å². The normalized spacial score (nSPS) is 12.6. The molecule has 0 aliphatic heterocycles. The Labute approximate surface area is 367 Å². The van der Waals surface area contributed by atoms with E-state index in [1.165, 1.54) is 66.2 Å². The Morgan fingerprint density at radius 1 is 0.286 bits per heavy atom. The highest BCUT2D eigenvalue weighted by Gasteiger charge is 2.46. The molecule has 63 heavy (non-hydrogen) atoms. The molecule has 294 valence electrons. The number of aromatic nitrogens is 2. The van der Waals surface area contributed by atoms with Crippen LogP contribution in [0.2, 0.25) is 0 Å². The second-order valence-corrected chi connectivity index (χ2v) is 16.4. The molecule has 0 atom stereocenters. The minimum atomic E-state index is -0.522. The zero-order valence-electron chi connectivity index (χ0n) is 34.5. The van der Waals surface area contributed by atoms with Gasteiger partial charge in [-0.1, -0.05) is 224 Å². The average molecular weight is 801 g/mol. The number of nitrogens with zero attached hydrogens (tertiary/aromatic N) is 2. The van der Waals surface area contributed by atoms with Gasteiger partial charge in [-0.15, -0.1) is 0 Å². The first-order valence-corrected chi connectivity index (χ1v) is 21.6. The fourth-order valence-electron chi connectivity index (χ4n) is 10.1. The summed E-state index contributed by atoms with van der Waals surface area (Å²) in [7, 11) is 0. The maximum atomic E-state index is 5.30. The molecular formula is C61H40N2. The third kappa shape index (κ3) is 6.02. The van der Waals surface area contributed by atoms with Crippen LogP contribution < -0.4 is 0 Å². The van der Waals surface area contributed by atoms with Gasteiger partial charge in [-0.05, 0) is 95.4 Å². The predicted molar refractivity (Wildman–Crippen MR) is 262 cm³/mol. The quantitative estimate of drug-likeness (QED) is 0.160. The Morgan fingerprint density at radius 2 is 0.825 bits per heavy atom. The summed E-state index contributed by atoms with van der Waals surface area (Å²) in [5.74, 6) is 0.699. The van der Waals surface area contributed by atoms with Crippen LogP contribution in [-0.2, 0) is 5.41 Å². The minimum Gasteiger partial charge on any atom is -0.228 e. The van der Waals surface area contributed by atoms with Crippen molar-refractivity contribution in [1.82, 2.24) is 9.97 Å². The van der Waals surface area contributed by atoms with Crippen LogP contribution in [0.1, 0.15) is 22.3 Å². The largest absolute Gasteiger partial charge is 0.228 e. The molecule has 0 radical (unpaired) electrons. The third-order valence-electron chi connectivity index (χ3n) is 13.0. The van der Waals surface area contributed by atoms with Crippen molar-refractivity contribution in [3.8, 4) is 67.3 Å². The lowest BCUT2D eigenvalue weighted by atomic mass is 9.67. The van der Waals surface area contributed by atoms with Gasteiger partial charge in [0.1, 0.15) is 0 Å². The molecule has 1 aromatic heterocycles. The van der Waals surface area contributed by atoms with Crippen molar-refractivity contribution in [2.75, 3.05) is 0 Å². The first kappa shape index (κ1) is 36.6. The lowest BCUT2D eigenvalue weighted by Gasteiger charge is -2.34. The van der Waals surface area contributed by atoms with E-state index in [1.54, 1.807) is 0 Å². The van der Waals surface area contributed by atoms with Crippen LogP contribution in [0.4, 0.5) is 0 Å². The molecule has 1 aliphatic carbocycles. The Morgan fingerprint density at radius 3 is 1.54 bits per heavy atom. The maximum absolute atomic E-state index is 5.30. The van der Waals surface area contributed by atoms with E-state index in [4.69, 9.17) is 9.97 Å². The van der Waals surface area contributed by atoms with Crippen molar-refractivity contribution >= 4 is 21.5 Å². The number of hydrogen-bond acceptors (Lipinski definition) is 2. The van der Waals surface area contributed by atoms with Crippen molar-refractivity contribution < 1.29 is 0 Å². The molecule has 11 aromatic rings. The molecule has 0 unspecified atom stereocenters. The van der Waals surface area contributed by atoms with Gasteiger partial charge >= 0.3 is 0 Å². The van der Waals surface area contributed by atoms with Gasteiger partial charge in [-0.25, -0.2) is 9.97 Å². The molecule has 2 heteroatoms. The van der Waals surface area contributed by atoms with Gasteiger partial charge in [0, 0.05) is 16.7 Å². The summed E-state index contributed by atoms with van der Waals surface area (Å²) < 4.78 is 0. The molecule has 0 saturated heterocycles. The Bertz CT molecular complexity index is 3450. The van der Waals surface area contributed by atoms with Gasteiger partial charge in [-0.3, -0.25) is 0 Å². The van der Waals surface area contributed by atoms with Gasteiger partial charge in [0.15, 0.2) is 5.82 Å². The lowest BCUT2D eigenvalue weighted by molar-refractivity contribution is 0.769. The minimum absolute atomic E-state index is 0.522. The van der Waals surface area contributed by atoms with E-state index in [-0.39, 0.29) is 0 Å². The average Bonchev–Trinajstić information content (AvgIpc) is 3.68. The highest BCUT2D eigenvalue weighted by molar-refractivity contribution is 6.07. The molecule has 12 rings (SSSR count). The number of benzene rings is 10. The van der Waals surface area contributed by atoms with Crippen LogP contribution in [0.25, 0.3) is 88.8 Å². The molecule has 0 N–H and O–H groups in total. The summed E-state index contributed by atoms with van der Waals surface area (Å²) in [5, 5.41) is 4.84.